The van der Waals surface area contributed by atoms with Crippen molar-refractivity contribution in [2.45, 2.75) is 12.8 Å². The Morgan fingerprint density at radius 3 is 3.10 bits per heavy atom. The summed E-state index contributed by atoms with van der Waals surface area (Å²) < 4.78 is 1.91. The Kier molecular flexibility index (Phi) is 0.982. The predicted molar refractivity (Wildman–Crippen MR) is 40.6 cm³/mol. The van der Waals surface area contributed by atoms with E-state index in [0.29, 0.717) is 0 Å². The van der Waals surface area contributed by atoms with Crippen molar-refractivity contribution in [1.82, 2.24) is 9.78 Å². The molecule has 1 aromatic rings. The summed E-state index contributed by atoms with van der Waals surface area (Å²) in [6, 6.07) is 0. The minimum atomic E-state index is 1.11. The summed E-state index contributed by atoms with van der Waals surface area (Å²) in [5, 5.41) is 4.14. The smallest absolute Gasteiger partial charge is 0.0664 e. The normalized spacial score (nSPS) is 15.9. The van der Waals surface area contributed by atoms with Gasteiger partial charge in [0.05, 0.1) is 11.9 Å². The van der Waals surface area contributed by atoms with Gasteiger partial charge in [-0.25, -0.2) is 0 Å². The van der Waals surface area contributed by atoms with E-state index in [1.807, 2.05) is 17.9 Å². The van der Waals surface area contributed by atoms with Gasteiger partial charge in [0.2, 0.25) is 0 Å². The molecule has 1 aromatic heterocycles. The van der Waals surface area contributed by atoms with Gasteiger partial charge in [-0.3, -0.25) is 4.68 Å². The summed E-state index contributed by atoms with van der Waals surface area (Å²) in [7, 11) is 1.97. The molecule has 2 rings (SSSR count). The third kappa shape index (κ3) is 0.561. The van der Waals surface area contributed by atoms with Gasteiger partial charge in [0, 0.05) is 7.05 Å². The topological polar surface area (TPSA) is 17.8 Å². The molecular weight excluding hydrogens is 124 g/mol. The standard InChI is InChI=1S/C8H10N2/c1-6-3-4-7-5-9-10(2)8(6)7/h5H,1,3-4H2,2H3. The van der Waals surface area contributed by atoms with Crippen LogP contribution in [0.2, 0.25) is 0 Å². The second kappa shape index (κ2) is 1.72. The number of rotatable bonds is 0. The first-order valence-electron chi connectivity index (χ1n) is 3.48. The summed E-state index contributed by atoms with van der Waals surface area (Å²) in [6.45, 7) is 3.97. The van der Waals surface area contributed by atoms with Crippen LogP contribution >= 0.6 is 0 Å². The Morgan fingerprint density at radius 1 is 1.60 bits per heavy atom. The summed E-state index contributed by atoms with van der Waals surface area (Å²) in [6.07, 6.45) is 4.18. The van der Waals surface area contributed by atoms with Gasteiger partial charge in [0.25, 0.3) is 0 Å². The highest BCUT2D eigenvalue weighted by atomic mass is 15.3. The van der Waals surface area contributed by atoms with Crippen molar-refractivity contribution < 1.29 is 0 Å². The van der Waals surface area contributed by atoms with E-state index in [-0.39, 0.29) is 0 Å². The van der Waals surface area contributed by atoms with Crippen LogP contribution in [0.25, 0.3) is 5.57 Å². The third-order valence-corrected chi connectivity index (χ3v) is 2.05. The first-order valence-corrected chi connectivity index (χ1v) is 3.48. The number of nitrogens with zero attached hydrogens (tertiary/aromatic N) is 2. The number of hydrogen-bond donors (Lipinski definition) is 0. The zero-order valence-corrected chi connectivity index (χ0v) is 6.09. The number of allylic oxidation sites excluding steroid dienone is 1. The van der Waals surface area contributed by atoms with Gasteiger partial charge in [-0.2, -0.15) is 5.10 Å². The maximum absolute atomic E-state index is 4.14. The van der Waals surface area contributed by atoms with Crippen LogP contribution in [0.15, 0.2) is 12.8 Å². The molecule has 0 spiro atoms. The Bertz CT molecular complexity index is 283. The molecule has 0 bridgehead atoms. The molecule has 0 aromatic carbocycles. The zero-order valence-electron chi connectivity index (χ0n) is 6.09. The van der Waals surface area contributed by atoms with E-state index < -0.39 is 0 Å². The van der Waals surface area contributed by atoms with Crippen molar-refractivity contribution in [3.63, 3.8) is 0 Å². The van der Waals surface area contributed by atoms with Crippen LogP contribution in [0.4, 0.5) is 0 Å². The number of aryl methyl sites for hydroxylation is 2. The van der Waals surface area contributed by atoms with Crippen molar-refractivity contribution in [2.75, 3.05) is 0 Å². The lowest BCUT2D eigenvalue weighted by Crippen LogP contribution is -1.94. The van der Waals surface area contributed by atoms with Crippen LogP contribution < -0.4 is 0 Å². The van der Waals surface area contributed by atoms with Gasteiger partial charge in [-0.1, -0.05) is 6.58 Å². The predicted octanol–water partition coefficient (Wildman–Crippen LogP) is 1.38. The molecule has 0 saturated heterocycles. The molecule has 10 heavy (non-hydrogen) atoms. The highest BCUT2D eigenvalue weighted by Gasteiger charge is 2.17. The highest BCUT2D eigenvalue weighted by molar-refractivity contribution is 5.67. The maximum Gasteiger partial charge on any atom is 0.0664 e. The largest absolute Gasteiger partial charge is 0.268 e. The fourth-order valence-corrected chi connectivity index (χ4v) is 1.53. The van der Waals surface area contributed by atoms with Crippen LogP contribution in [0.3, 0.4) is 0 Å². The molecule has 0 saturated carbocycles. The van der Waals surface area contributed by atoms with E-state index in [0.717, 1.165) is 12.8 Å². The van der Waals surface area contributed by atoms with Gasteiger partial charge in [0.15, 0.2) is 0 Å². The fraction of sp³-hybridized carbons (Fsp3) is 0.375. The molecule has 2 nitrogen and oxygen atoms in total. The van der Waals surface area contributed by atoms with Crippen molar-refractivity contribution >= 4 is 5.57 Å². The monoisotopic (exact) mass is 134 g/mol. The molecule has 0 N–H and O–H groups in total. The summed E-state index contributed by atoms with van der Waals surface area (Å²) in [4.78, 5) is 0. The maximum atomic E-state index is 4.14. The minimum absolute atomic E-state index is 1.11. The van der Waals surface area contributed by atoms with Gasteiger partial charge in [-0.05, 0) is 24.0 Å². The molecule has 0 aliphatic heterocycles. The second-order valence-corrected chi connectivity index (χ2v) is 2.75. The SMILES string of the molecule is C=C1CCc2cnn(C)c21. The van der Waals surface area contributed by atoms with Crippen LogP contribution in [-0.2, 0) is 13.5 Å². The van der Waals surface area contributed by atoms with E-state index in [2.05, 4.69) is 11.7 Å². The molecular formula is C8H10N2. The average Bonchev–Trinajstić information content (AvgIpc) is 2.40. The Hall–Kier alpha value is -1.05. The average molecular weight is 134 g/mol. The van der Waals surface area contributed by atoms with Gasteiger partial charge in [-0.15, -0.1) is 0 Å². The molecule has 1 aliphatic carbocycles. The van der Waals surface area contributed by atoms with E-state index in [9.17, 15) is 0 Å². The molecule has 0 radical (unpaired) electrons. The fourth-order valence-electron chi connectivity index (χ4n) is 1.53. The molecule has 2 heteroatoms. The first-order chi connectivity index (χ1) is 4.79. The van der Waals surface area contributed by atoms with Crippen LogP contribution in [-0.4, -0.2) is 9.78 Å². The molecule has 1 heterocycles. The Balaban J connectivity index is 2.65. The number of fused-ring (bicyclic) bond motifs is 1. The van der Waals surface area contributed by atoms with Crippen LogP contribution in [0.5, 0.6) is 0 Å². The summed E-state index contributed by atoms with van der Waals surface area (Å²) >= 11 is 0. The van der Waals surface area contributed by atoms with Gasteiger partial charge >= 0.3 is 0 Å². The Morgan fingerprint density at radius 2 is 2.40 bits per heavy atom. The van der Waals surface area contributed by atoms with E-state index >= 15 is 0 Å². The lowest BCUT2D eigenvalue weighted by atomic mass is 10.2. The number of aromatic nitrogens is 2. The van der Waals surface area contributed by atoms with E-state index in [4.69, 9.17) is 0 Å². The summed E-state index contributed by atoms with van der Waals surface area (Å²) in [5.41, 5.74) is 3.84. The van der Waals surface area contributed by atoms with Crippen LogP contribution in [0, 0.1) is 0 Å². The summed E-state index contributed by atoms with van der Waals surface area (Å²) in [5.74, 6) is 0. The Labute approximate surface area is 60.2 Å². The lowest BCUT2D eigenvalue weighted by Gasteiger charge is -1.96. The van der Waals surface area contributed by atoms with Gasteiger partial charge in [0.1, 0.15) is 0 Å². The zero-order chi connectivity index (χ0) is 7.14. The number of hydrogen-bond acceptors (Lipinski definition) is 1. The molecule has 0 amide bonds. The van der Waals surface area contributed by atoms with Crippen molar-refractivity contribution in [2.24, 2.45) is 7.05 Å². The molecule has 0 unspecified atom stereocenters. The second-order valence-electron chi connectivity index (χ2n) is 2.75. The lowest BCUT2D eigenvalue weighted by molar-refractivity contribution is 0.756. The molecule has 0 atom stereocenters. The first kappa shape index (κ1) is 5.71. The van der Waals surface area contributed by atoms with E-state index in [1.54, 1.807) is 0 Å². The van der Waals surface area contributed by atoms with Gasteiger partial charge < -0.3 is 0 Å². The minimum Gasteiger partial charge on any atom is -0.268 e. The third-order valence-electron chi connectivity index (χ3n) is 2.05. The van der Waals surface area contributed by atoms with E-state index in [1.165, 1.54) is 16.8 Å². The highest BCUT2D eigenvalue weighted by Crippen LogP contribution is 2.29. The quantitative estimate of drug-likeness (QED) is 0.524. The van der Waals surface area contributed by atoms with Crippen molar-refractivity contribution in [3.8, 4) is 0 Å². The molecule has 52 valence electrons. The molecule has 0 fully saturated rings. The van der Waals surface area contributed by atoms with Crippen molar-refractivity contribution in [3.05, 3.63) is 24.0 Å². The molecule has 1 aliphatic rings. The van der Waals surface area contributed by atoms with Crippen molar-refractivity contribution in [1.29, 1.82) is 0 Å². The van der Waals surface area contributed by atoms with Crippen LogP contribution in [0.1, 0.15) is 17.7 Å².